The Morgan fingerprint density at radius 3 is 2.56 bits per heavy atom. The summed E-state index contributed by atoms with van der Waals surface area (Å²) in [6, 6.07) is 7.97. The molecule has 34 heavy (non-hydrogen) atoms. The highest BCUT2D eigenvalue weighted by molar-refractivity contribution is 5.98. The molecule has 2 N–H and O–H groups in total. The van der Waals surface area contributed by atoms with E-state index in [2.05, 4.69) is 30.4 Å². The van der Waals surface area contributed by atoms with Crippen LogP contribution in [-0.4, -0.2) is 96.5 Å². The molecule has 2 fully saturated rings. The van der Waals surface area contributed by atoms with Gasteiger partial charge in [-0.3, -0.25) is 19.3 Å². The normalized spacial score (nSPS) is 18.9. The van der Waals surface area contributed by atoms with Crippen molar-refractivity contribution in [2.75, 3.05) is 63.1 Å². The van der Waals surface area contributed by atoms with Crippen molar-refractivity contribution in [2.45, 2.75) is 12.5 Å². The maximum Gasteiger partial charge on any atom is 0.243 e. The summed E-state index contributed by atoms with van der Waals surface area (Å²) < 4.78 is 5.26. The molecule has 4 rings (SSSR count). The number of carbonyl (C=O) groups excluding carboxylic acids is 3. The molecule has 0 radical (unpaired) electrons. The van der Waals surface area contributed by atoms with Gasteiger partial charge in [0.15, 0.2) is 0 Å². The van der Waals surface area contributed by atoms with E-state index < -0.39 is 6.04 Å². The van der Waals surface area contributed by atoms with Crippen LogP contribution >= 0.6 is 0 Å². The molecule has 1 unspecified atom stereocenters. The quantitative estimate of drug-likeness (QED) is 0.582. The average Bonchev–Trinajstić information content (AvgIpc) is 2.86. The number of piperazine rings is 2. The number of anilines is 2. The minimum absolute atomic E-state index is 0.130. The van der Waals surface area contributed by atoms with Crippen molar-refractivity contribution in [1.29, 1.82) is 0 Å². The van der Waals surface area contributed by atoms with E-state index in [1.807, 2.05) is 0 Å². The monoisotopic (exact) mass is 467 g/mol. The van der Waals surface area contributed by atoms with Crippen LogP contribution < -0.4 is 20.3 Å². The number of amides is 3. The molecule has 180 valence electrons. The van der Waals surface area contributed by atoms with E-state index in [1.54, 1.807) is 42.7 Å². The molecule has 3 heterocycles. The van der Waals surface area contributed by atoms with Crippen molar-refractivity contribution in [3.63, 3.8) is 0 Å². The molecule has 2 aliphatic rings. The van der Waals surface area contributed by atoms with Gasteiger partial charge < -0.3 is 25.2 Å². The van der Waals surface area contributed by atoms with Crippen LogP contribution in [0.2, 0.25) is 0 Å². The summed E-state index contributed by atoms with van der Waals surface area (Å²) in [5.41, 5.74) is 0.518. The Morgan fingerprint density at radius 1 is 1.09 bits per heavy atom. The lowest BCUT2D eigenvalue weighted by Gasteiger charge is -2.38. The third kappa shape index (κ3) is 5.60. The van der Waals surface area contributed by atoms with Crippen LogP contribution in [0.4, 0.5) is 11.6 Å². The minimum atomic E-state index is -0.852. The molecule has 2 aliphatic heterocycles. The van der Waals surface area contributed by atoms with Crippen molar-refractivity contribution in [2.24, 2.45) is 0 Å². The molecule has 2 aromatic rings. The van der Waals surface area contributed by atoms with Gasteiger partial charge in [0.2, 0.25) is 23.7 Å². The van der Waals surface area contributed by atoms with Crippen LogP contribution in [0.1, 0.15) is 6.42 Å². The Hall–Kier alpha value is -3.73. The first-order chi connectivity index (χ1) is 16.5. The van der Waals surface area contributed by atoms with Crippen molar-refractivity contribution >= 4 is 29.4 Å². The Kier molecular flexibility index (Phi) is 7.53. The molecule has 0 bridgehead atoms. The predicted octanol–water partition coefficient (Wildman–Crippen LogP) is -0.0370. The number of carbonyl (C=O) groups is 3. The van der Waals surface area contributed by atoms with Crippen molar-refractivity contribution in [1.82, 2.24) is 25.1 Å². The highest BCUT2D eigenvalue weighted by Gasteiger charge is 2.35. The van der Waals surface area contributed by atoms with Crippen LogP contribution in [0.3, 0.4) is 0 Å². The highest BCUT2D eigenvalue weighted by Crippen LogP contribution is 2.23. The number of nitrogens with one attached hydrogen (secondary N) is 2. The summed E-state index contributed by atoms with van der Waals surface area (Å²) in [5.74, 6) is 0.371. The van der Waals surface area contributed by atoms with Gasteiger partial charge in [0.1, 0.15) is 11.8 Å². The number of benzene rings is 1. The van der Waals surface area contributed by atoms with Gasteiger partial charge in [0.25, 0.3) is 0 Å². The summed E-state index contributed by atoms with van der Waals surface area (Å²) in [7, 11) is 1.52. The Balaban J connectivity index is 1.34. The van der Waals surface area contributed by atoms with E-state index in [1.165, 1.54) is 12.0 Å². The number of nitrogens with zero attached hydrogens (tertiary/aromatic N) is 5. The van der Waals surface area contributed by atoms with E-state index in [4.69, 9.17) is 4.74 Å². The fourth-order valence-corrected chi connectivity index (χ4v) is 4.18. The second-order valence-electron chi connectivity index (χ2n) is 8.16. The largest absolute Gasteiger partial charge is 0.495 e. The van der Waals surface area contributed by atoms with Gasteiger partial charge in [-0.1, -0.05) is 12.1 Å². The molecule has 11 nitrogen and oxygen atoms in total. The fourth-order valence-electron chi connectivity index (χ4n) is 4.18. The van der Waals surface area contributed by atoms with Gasteiger partial charge in [0.05, 0.1) is 25.8 Å². The van der Waals surface area contributed by atoms with Crippen LogP contribution in [0.15, 0.2) is 42.7 Å². The molecule has 0 aliphatic carbocycles. The molecular weight excluding hydrogens is 438 g/mol. The molecule has 1 aromatic carbocycles. The van der Waals surface area contributed by atoms with E-state index >= 15 is 0 Å². The van der Waals surface area contributed by atoms with Crippen LogP contribution in [0.5, 0.6) is 5.75 Å². The summed E-state index contributed by atoms with van der Waals surface area (Å²) in [6.45, 7) is 3.72. The standard InChI is InChI=1S/C23H29N7O4/c1-34-19-6-3-2-5-17(19)27-20(31)15-18-22(33)24-9-10-30(18)21(32)16-28-11-13-29(14-12-28)23-25-7-4-8-26-23/h2-8,18H,9-16H2,1H3,(H,24,33)(H,27,31). The molecule has 1 atom stereocenters. The Bertz CT molecular complexity index is 1010. The Labute approximate surface area is 198 Å². The lowest BCUT2D eigenvalue weighted by Crippen LogP contribution is -2.60. The molecule has 0 spiro atoms. The summed E-state index contributed by atoms with van der Waals surface area (Å²) in [6.07, 6.45) is 3.29. The second-order valence-corrected chi connectivity index (χ2v) is 8.16. The number of para-hydroxylation sites is 2. The fraction of sp³-hybridized carbons (Fsp3) is 0.435. The topological polar surface area (TPSA) is 120 Å². The summed E-state index contributed by atoms with van der Waals surface area (Å²) in [4.78, 5) is 52.6. The van der Waals surface area contributed by atoms with Gasteiger partial charge in [0, 0.05) is 51.7 Å². The van der Waals surface area contributed by atoms with Gasteiger partial charge in [-0.25, -0.2) is 9.97 Å². The van der Waals surface area contributed by atoms with E-state index in [-0.39, 0.29) is 30.7 Å². The van der Waals surface area contributed by atoms with Crippen LogP contribution in [-0.2, 0) is 14.4 Å². The summed E-state index contributed by atoms with van der Waals surface area (Å²) in [5, 5.41) is 5.55. The predicted molar refractivity (Wildman–Crippen MR) is 125 cm³/mol. The lowest BCUT2D eigenvalue weighted by molar-refractivity contribution is -0.145. The third-order valence-corrected chi connectivity index (χ3v) is 5.98. The minimum Gasteiger partial charge on any atom is -0.495 e. The number of aromatic nitrogens is 2. The molecule has 2 saturated heterocycles. The number of rotatable bonds is 7. The smallest absolute Gasteiger partial charge is 0.243 e. The van der Waals surface area contributed by atoms with Crippen molar-refractivity contribution < 1.29 is 19.1 Å². The number of hydrogen-bond donors (Lipinski definition) is 2. The molecular formula is C23H29N7O4. The number of methoxy groups -OCH3 is 1. The first-order valence-electron chi connectivity index (χ1n) is 11.3. The average molecular weight is 468 g/mol. The Morgan fingerprint density at radius 2 is 1.82 bits per heavy atom. The van der Waals surface area contributed by atoms with Crippen LogP contribution in [0.25, 0.3) is 0 Å². The molecule has 11 heteroatoms. The SMILES string of the molecule is COc1ccccc1NC(=O)CC1C(=O)NCCN1C(=O)CN1CCN(c2ncccn2)CC1. The van der Waals surface area contributed by atoms with E-state index in [0.717, 1.165) is 0 Å². The van der Waals surface area contributed by atoms with Gasteiger partial charge in [-0.2, -0.15) is 0 Å². The highest BCUT2D eigenvalue weighted by atomic mass is 16.5. The first-order valence-corrected chi connectivity index (χ1v) is 11.3. The zero-order valence-corrected chi connectivity index (χ0v) is 19.1. The van der Waals surface area contributed by atoms with Crippen molar-refractivity contribution in [3.05, 3.63) is 42.7 Å². The second kappa shape index (κ2) is 10.9. The summed E-state index contributed by atoms with van der Waals surface area (Å²) >= 11 is 0. The molecule has 1 aromatic heterocycles. The molecule has 3 amide bonds. The zero-order chi connectivity index (χ0) is 23.9. The van der Waals surface area contributed by atoms with Crippen molar-refractivity contribution in [3.8, 4) is 5.75 Å². The van der Waals surface area contributed by atoms with Gasteiger partial charge in [-0.05, 0) is 18.2 Å². The van der Waals surface area contributed by atoms with Gasteiger partial charge >= 0.3 is 0 Å². The van der Waals surface area contributed by atoms with Crippen LogP contribution in [0, 0.1) is 0 Å². The molecule has 0 saturated carbocycles. The number of ether oxygens (including phenoxy) is 1. The third-order valence-electron chi connectivity index (χ3n) is 5.98. The maximum atomic E-state index is 13.1. The van der Waals surface area contributed by atoms with Gasteiger partial charge in [-0.15, -0.1) is 0 Å². The van der Waals surface area contributed by atoms with E-state index in [0.29, 0.717) is 56.7 Å². The zero-order valence-electron chi connectivity index (χ0n) is 19.1. The van der Waals surface area contributed by atoms with E-state index in [9.17, 15) is 14.4 Å². The number of hydrogen-bond acceptors (Lipinski definition) is 8. The maximum absolute atomic E-state index is 13.1. The first kappa shape index (κ1) is 23.4. The lowest BCUT2D eigenvalue weighted by atomic mass is 10.1.